The van der Waals surface area contributed by atoms with Gasteiger partial charge in [-0.15, -0.1) is 0 Å². The van der Waals surface area contributed by atoms with E-state index in [1.165, 1.54) is 18.3 Å². The van der Waals surface area contributed by atoms with Gasteiger partial charge in [-0.1, -0.05) is 0 Å². The maximum Gasteiger partial charge on any atom is 0.259 e. The lowest BCUT2D eigenvalue weighted by Gasteiger charge is -2.17. The number of ether oxygens (including phenoxy) is 1. The zero-order chi connectivity index (χ0) is 16.6. The molecule has 0 spiro atoms. The maximum atomic E-state index is 12.6. The lowest BCUT2D eigenvalue weighted by molar-refractivity contribution is 0.0989. The molecule has 1 aliphatic rings. The number of sulfone groups is 1. The number of pyridine rings is 1. The summed E-state index contributed by atoms with van der Waals surface area (Å²) in [6, 6.07) is 8.45. The van der Waals surface area contributed by atoms with Crippen molar-refractivity contribution in [1.82, 2.24) is 4.98 Å². The Morgan fingerprint density at radius 1 is 1.26 bits per heavy atom. The normalized spacial score (nSPS) is 13.7. The molecule has 2 heterocycles. The highest BCUT2D eigenvalue weighted by molar-refractivity contribution is 7.90. The molecule has 2 aromatic rings. The molecule has 0 fully saturated rings. The molecule has 6 nitrogen and oxygen atoms in total. The van der Waals surface area contributed by atoms with Crippen LogP contribution in [0.2, 0.25) is 0 Å². The first kappa shape index (κ1) is 15.5. The van der Waals surface area contributed by atoms with Crippen molar-refractivity contribution in [2.24, 2.45) is 0 Å². The maximum absolute atomic E-state index is 12.6. The second kappa shape index (κ2) is 5.66. The third kappa shape index (κ3) is 2.92. The Labute approximate surface area is 134 Å². The first-order valence-corrected chi connectivity index (χ1v) is 8.94. The molecule has 0 atom stereocenters. The van der Waals surface area contributed by atoms with Gasteiger partial charge < -0.3 is 9.64 Å². The summed E-state index contributed by atoms with van der Waals surface area (Å²) in [7, 11) is -1.76. The molecule has 3 rings (SSSR count). The average Bonchev–Trinajstić information content (AvgIpc) is 2.96. The third-order valence-electron chi connectivity index (χ3n) is 3.79. The Morgan fingerprint density at radius 3 is 2.65 bits per heavy atom. The molecule has 0 aliphatic carbocycles. The Balaban J connectivity index is 1.88. The molecule has 0 bridgehead atoms. The van der Waals surface area contributed by atoms with E-state index in [1.54, 1.807) is 12.0 Å². The van der Waals surface area contributed by atoms with Gasteiger partial charge in [0.1, 0.15) is 5.75 Å². The Kier molecular flexibility index (Phi) is 3.81. The fraction of sp³-hybridized carbons (Fsp3) is 0.250. The zero-order valence-corrected chi connectivity index (χ0v) is 13.6. The minimum Gasteiger partial charge on any atom is -0.497 e. The fourth-order valence-electron chi connectivity index (χ4n) is 2.60. The highest BCUT2D eigenvalue weighted by Gasteiger charge is 2.26. The van der Waals surface area contributed by atoms with E-state index >= 15 is 0 Å². The summed E-state index contributed by atoms with van der Waals surface area (Å²) in [4.78, 5) is 18.2. The lowest BCUT2D eigenvalue weighted by Crippen LogP contribution is -2.29. The van der Waals surface area contributed by atoms with Crippen molar-refractivity contribution in [2.45, 2.75) is 11.4 Å². The molecule has 0 saturated carbocycles. The van der Waals surface area contributed by atoms with Gasteiger partial charge >= 0.3 is 0 Å². The van der Waals surface area contributed by atoms with Crippen molar-refractivity contribution in [3.8, 4) is 5.75 Å². The van der Waals surface area contributed by atoms with E-state index in [0.717, 1.165) is 29.7 Å². The number of carbonyl (C=O) groups excluding carboxylic acids is 1. The summed E-state index contributed by atoms with van der Waals surface area (Å²) in [5, 5.41) is -0.0411. The molecule has 0 N–H and O–H groups in total. The van der Waals surface area contributed by atoms with Crippen LogP contribution in [0.25, 0.3) is 0 Å². The van der Waals surface area contributed by atoms with E-state index < -0.39 is 9.84 Å². The first-order valence-electron chi connectivity index (χ1n) is 7.05. The van der Waals surface area contributed by atoms with Crippen molar-refractivity contribution < 1.29 is 17.9 Å². The number of carbonyl (C=O) groups is 1. The van der Waals surface area contributed by atoms with Crippen molar-refractivity contribution in [2.75, 3.05) is 24.8 Å². The summed E-state index contributed by atoms with van der Waals surface area (Å²) in [5.41, 5.74) is 2.27. The summed E-state index contributed by atoms with van der Waals surface area (Å²) >= 11 is 0. The van der Waals surface area contributed by atoms with Crippen molar-refractivity contribution in [1.29, 1.82) is 0 Å². The van der Waals surface area contributed by atoms with Gasteiger partial charge in [0.25, 0.3) is 5.91 Å². The van der Waals surface area contributed by atoms with Crippen LogP contribution < -0.4 is 9.64 Å². The number of anilines is 1. The standard InChI is InChI=1S/C16H16N2O4S/c1-22-13-4-5-14-11(9-13)7-8-18(14)16(19)12-3-6-15(17-10-12)23(2,20)21/h3-6,9-10H,7-8H2,1-2H3. The Bertz CT molecular complexity index is 860. The van der Waals surface area contributed by atoms with Crippen LogP contribution in [0.15, 0.2) is 41.6 Å². The van der Waals surface area contributed by atoms with Crippen LogP contribution in [0.3, 0.4) is 0 Å². The molecule has 0 saturated heterocycles. The van der Waals surface area contributed by atoms with E-state index in [4.69, 9.17) is 4.74 Å². The molecule has 1 aromatic carbocycles. The molecule has 1 aliphatic heterocycles. The van der Waals surface area contributed by atoms with Gasteiger partial charge in [0, 0.05) is 24.7 Å². The van der Waals surface area contributed by atoms with E-state index in [-0.39, 0.29) is 10.9 Å². The molecule has 0 radical (unpaired) electrons. The number of hydrogen-bond donors (Lipinski definition) is 0. The van der Waals surface area contributed by atoms with Crippen LogP contribution in [0.4, 0.5) is 5.69 Å². The van der Waals surface area contributed by atoms with Gasteiger partial charge in [0.05, 0.1) is 12.7 Å². The highest BCUT2D eigenvalue weighted by atomic mass is 32.2. The van der Waals surface area contributed by atoms with Crippen LogP contribution >= 0.6 is 0 Å². The van der Waals surface area contributed by atoms with Gasteiger partial charge in [-0.3, -0.25) is 4.79 Å². The summed E-state index contributed by atoms with van der Waals surface area (Å²) in [6.45, 7) is 0.579. The van der Waals surface area contributed by atoms with Gasteiger partial charge in [0.2, 0.25) is 0 Å². The molecular weight excluding hydrogens is 316 g/mol. The first-order chi connectivity index (χ1) is 10.9. The number of amides is 1. The monoisotopic (exact) mass is 332 g/mol. The van der Waals surface area contributed by atoms with Gasteiger partial charge in [-0.2, -0.15) is 0 Å². The van der Waals surface area contributed by atoms with Crippen molar-refractivity contribution >= 4 is 21.4 Å². The Hall–Kier alpha value is -2.41. The number of nitrogens with zero attached hydrogens (tertiary/aromatic N) is 2. The van der Waals surface area contributed by atoms with Gasteiger partial charge in [-0.05, 0) is 42.3 Å². The molecule has 23 heavy (non-hydrogen) atoms. The van der Waals surface area contributed by atoms with Gasteiger partial charge in [0.15, 0.2) is 14.9 Å². The lowest BCUT2D eigenvalue weighted by atomic mass is 10.1. The minimum atomic E-state index is -3.37. The largest absolute Gasteiger partial charge is 0.497 e. The fourth-order valence-corrected chi connectivity index (χ4v) is 3.16. The van der Waals surface area contributed by atoms with E-state index in [2.05, 4.69) is 4.98 Å². The molecule has 7 heteroatoms. The number of aromatic nitrogens is 1. The quantitative estimate of drug-likeness (QED) is 0.855. The van der Waals surface area contributed by atoms with Crippen LogP contribution in [0, 0.1) is 0 Å². The SMILES string of the molecule is COc1ccc2c(c1)CCN2C(=O)c1ccc(S(C)(=O)=O)nc1. The van der Waals surface area contributed by atoms with Gasteiger partial charge in [-0.25, -0.2) is 13.4 Å². The number of fused-ring (bicyclic) bond motifs is 1. The van der Waals surface area contributed by atoms with Crippen LogP contribution in [-0.4, -0.2) is 39.2 Å². The van der Waals surface area contributed by atoms with Crippen molar-refractivity contribution in [3.05, 3.63) is 47.7 Å². The second-order valence-corrected chi connectivity index (χ2v) is 7.32. The van der Waals surface area contributed by atoms with Crippen LogP contribution in [0.1, 0.15) is 15.9 Å². The molecular formula is C16H16N2O4S. The molecule has 1 aromatic heterocycles. The van der Waals surface area contributed by atoms with Crippen LogP contribution in [-0.2, 0) is 16.3 Å². The number of benzene rings is 1. The number of rotatable bonds is 3. The molecule has 120 valence electrons. The average molecular weight is 332 g/mol. The van der Waals surface area contributed by atoms with Crippen LogP contribution in [0.5, 0.6) is 5.75 Å². The highest BCUT2D eigenvalue weighted by Crippen LogP contribution is 2.32. The Morgan fingerprint density at radius 2 is 2.04 bits per heavy atom. The summed E-state index contributed by atoms with van der Waals surface area (Å²) in [5.74, 6) is 0.568. The molecule has 0 unspecified atom stereocenters. The smallest absolute Gasteiger partial charge is 0.259 e. The summed E-state index contributed by atoms with van der Waals surface area (Å²) in [6.07, 6.45) is 3.15. The summed E-state index contributed by atoms with van der Waals surface area (Å²) < 4.78 is 28.0. The van der Waals surface area contributed by atoms with E-state index in [1.807, 2.05) is 18.2 Å². The minimum absolute atomic E-state index is 0.0411. The topological polar surface area (TPSA) is 76.6 Å². The van der Waals surface area contributed by atoms with E-state index in [9.17, 15) is 13.2 Å². The predicted octanol–water partition coefficient (Wildman–Crippen LogP) is 1.70. The number of methoxy groups -OCH3 is 1. The van der Waals surface area contributed by atoms with E-state index in [0.29, 0.717) is 12.1 Å². The molecule has 1 amide bonds. The zero-order valence-electron chi connectivity index (χ0n) is 12.8. The number of hydrogen-bond acceptors (Lipinski definition) is 5. The van der Waals surface area contributed by atoms with Crippen molar-refractivity contribution in [3.63, 3.8) is 0 Å². The predicted molar refractivity (Wildman–Crippen MR) is 85.7 cm³/mol. The third-order valence-corrected chi connectivity index (χ3v) is 4.79. The second-order valence-electron chi connectivity index (χ2n) is 5.36.